The minimum atomic E-state index is 0.295. The lowest BCUT2D eigenvalue weighted by atomic mass is 10.0. The van der Waals surface area contributed by atoms with E-state index in [1.807, 2.05) is 0 Å². The summed E-state index contributed by atoms with van der Waals surface area (Å²) in [5, 5.41) is 0. The van der Waals surface area contributed by atoms with Crippen LogP contribution in [0, 0.1) is 5.92 Å². The van der Waals surface area contributed by atoms with E-state index in [0.29, 0.717) is 6.04 Å². The molecule has 19 heavy (non-hydrogen) atoms. The van der Waals surface area contributed by atoms with Gasteiger partial charge in [-0.05, 0) is 55.7 Å². The van der Waals surface area contributed by atoms with Crippen LogP contribution in [0.2, 0.25) is 0 Å². The zero-order chi connectivity index (χ0) is 13.7. The molecule has 0 aromatic heterocycles. The molecule has 1 aliphatic carbocycles. The van der Waals surface area contributed by atoms with Crippen molar-refractivity contribution in [3.63, 3.8) is 0 Å². The van der Waals surface area contributed by atoms with Crippen LogP contribution < -0.4 is 10.6 Å². The molecular weight excluding hydrogens is 232 g/mol. The van der Waals surface area contributed by atoms with Gasteiger partial charge in [0.25, 0.3) is 0 Å². The van der Waals surface area contributed by atoms with Gasteiger partial charge in [-0.2, -0.15) is 0 Å². The van der Waals surface area contributed by atoms with E-state index in [1.165, 1.54) is 43.6 Å². The Kier molecular flexibility index (Phi) is 5.26. The molecule has 0 radical (unpaired) electrons. The lowest BCUT2D eigenvalue weighted by Crippen LogP contribution is -2.26. The van der Waals surface area contributed by atoms with Crippen molar-refractivity contribution in [2.75, 3.05) is 18.0 Å². The maximum atomic E-state index is 6.01. The van der Waals surface area contributed by atoms with Crippen LogP contribution in [-0.4, -0.2) is 19.1 Å². The first-order valence-corrected chi connectivity index (χ1v) is 7.82. The van der Waals surface area contributed by atoms with E-state index in [9.17, 15) is 0 Å². The van der Waals surface area contributed by atoms with Crippen LogP contribution in [0.25, 0.3) is 0 Å². The first-order valence-electron chi connectivity index (χ1n) is 7.82. The zero-order valence-corrected chi connectivity index (χ0v) is 12.4. The van der Waals surface area contributed by atoms with E-state index >= 15 is 0 Å². The normalized spacial score (nSPS) is 16.4. The number of nitrogens with two attached hydrogens (primary N) is 1. The van der Waals surface area contributed by atoms with Gasteiger partial charge >= 0.3 is 0 Å². The van der Waals surface area contributed by atoms with Crippen LogP contribution in [0.3, 0.4) is 0 Å². The molecule has 1 aliphatic rings. The number of nitrogens with zero attached hydrogens (tertiary/aromatic N) is 1. The van der Waals surface area contributed by atoms with Gasteiger partial charge in [-0.1, -0.05) is 26.0 Å². The number of rotatable bonds is 8. The topological polar surface area (TPSA) is 29.3 Å². The highest BCUT2D eigenvalue weighted by molar-refractivity contribution is 5.48. The van der Waals surface area contributed by atoms with E-state index in [2.05, 4.69) is 43.0 Å². The second-order valence-corrected chi connectivity index (χ2v) is 5.93. The summed E-state index contributed by atoms with van der Waals surface area (Å²) in [5.74, 6) is 0.944. The van der Waals surface area contributed by atoms with Crippen molar-refractivity contribution in [2.45, 2.75) is 52.0 Å². The fourth-order valence-electron chi connectivity index (χ4n) is 2.50. The fourth-order valence-corrected chi connectivity index (χ4v) is 2.50. The largest absolute Gasteiger partial charge is 0.371 e. The van der Waals surface area contributed by atoms with Crippen molar-refractivity contribution >= 4 is 5.69 Å². The van der Waals surface area contributed by atoms with Crippen molar-refractivity contribution in [3.05, 3.63) is 29.8 Å². The summed E-state index contributed by atoms with van der Waals surface area (Å²) in [5.41, 5.74) is 8.75. The van der Waals surface area contributed by atoms with Crippen LogP contribution in [0.1, 0.15) is 45.1 Å². The van der Waals surface area contributed by atoms with Crippen LogP contribution >= 0.6 is 0 Å². The van der Waals surface area contributed by atoms with Gasteiger partial charge in [-0.25, -0.2) is 0 Å². The summed E-state index contributed by atoms with van der Waals surface area (Å²) in [4.78, 5) is 2.54. The first-order chi connectivity index (χ1) is 9.22. The van der Waals surface area contributed by atoms with Crippen LogP contribution in [0.15, 0.2) is 24.3 Å². The lowest BCUT2D eigenvalue weighted by Gasteiger charge is -2.24. The molecule has 2 nitrogen and oxygen atoms in total. The van der Waals surface area contributed by atoms with Crippen LogP contribution in [0.4, 0.5) is 5.69 Å². The standard InChI is InChI=1S/C17H28N2/c1-3-11-19(13-15-5-6-15)17-9-7-14(8-10-17)12-16(18)4-2/h7-10,15-16H,3-6,11-13,18H2,1-2H3. The smallest absolute Gasteiger partial charge is 0.0366 e. The van der Waals surface area contributed by atoms with Gasteiger partial charge in [0.2, 0.25) is 0 Å². The fraction of sp³-hybridized carbons (Fsp3) is 0.647. The Bertz CT molecular complexity index is 367. The predicted octanol–water partition coefficient (Wildman–Crippen LogP) is 3.59. The molecule has 2 rings (SSSR count). The Balaban J connectivity index is 1.97. The number of hydrogen-bond acceptors (Lipinski definition) is 2. The minimum Gasteiger partial charge on any atom is -0.371 e. The third kappa shape index (κ3) is 4.54. The summed E-state index contributed by atoms with van der Waals surface area (Å²) in [6.07, 6.45) is 6.10. The number of anilines is 1. The Morgan fingerprint density at radius 3 is 2.42 bits per heavy atom. The summed E-state index contributed by atoms with van der Waals surface area (Å²) in [7, 11) is 0. The maximum absolute atomic E-state index is 6.01. The molecule has 1 fully saturated rings. The average molecular weight is 260 g/mol. The van der Waals surface area contributed by atoms with Crippen molar-refractivity contribution in [1.82, 2.24) is 0 Å². The van der Waals surface area contributed by atoms with E-state index in [1.54, 1.807) is 0 Å². The van der Waals surface area contributed by atoms with Gasteiger partial charge in [0, 0.05) is 24.8 Å². The third-order valence-electron chi connectivity index (χ3n) is 3.99. The molecule has 2 heteroatoms. The maximum Gasteiger partial charge on any atom is 0.0366 e. The Labute approximate surface area is 118 Å². The molecule has 1 saturated carbocycles. The van der Waals surface area contributed by atoms with Gasteiger partial charge in [-0.15, -0.1) is 0 Å². The minimum absolute atomic E-state index is 0.295. The third-order valence-corrected chi connectivity index (χ3v) is 3.99. The van der Waals surface area contributed by atoms with E-state index in [0.717, 1.165) is 18.8 Å². The molecule has 1 aromatic carbocycles. The van der Waals surface area contributed by atoms with E-state index in [4.69, 9.17) is 5.73 Å². The highest BCUT2D eigenvalue weighted by atomic mass is 15.1. The highest BCUT2D eigenvalue weighted by Gasteiger charge is 2.24. The highest BCUT2D eigenvalue weighted by Crippen LogP contribution is 2.31. The number of benzene rings is 1. The molecule has 1 aromatic rings. The monoisotopic (exact) mass is 260 g/mol. The second-order valence-electron chi connectivity index (χ2n) is 5.93. The summed E-state index contributed by atoms with van der Waals surface area (Å²) in [6, 6.07) is 9.34. The summed E-state index contributed by atoms with van der Waals surface area (Å²) < 4.78 is 0. The zero-order valence-electron chi connectivity index (χ0n) is 12.4. The molecule has 0 amide bonds. The van der Waals surface area contributed by atoms with E-state index < -0.39 is 0 Å². The molecule has 106 valence electrons. The molecule has 0 heterocycles. The molecule has 1 atom stereocenters. The van der Waals surface area contributed by atoms with Gasteiger partial charge in [0.15, 0.2) is 0 Å². The number of hydrogen-bond donors (Lipinski definition) is 1. The predicted molar refractivity (Wildman–Crippen MR) is 83.6 cm³/mol. The quantitative estimate of drug-likeness (QED) is 0.774. The van der Waals surface area contributed by atoms with Gasteiger partial charge in [0.1, 0.15) is 0 Å². The summed E-state index contributed by atoms with van der Waals surface area (Å²) in [6.45, 7) is 6.82. The Morgan fingerprint density at radius 2 is 1.89 bits per heavy atom. The van der Waals surface area contributed by atoms with E-state index in [-0.39, 0.29) is 0 Å². The Hall–Kier alpha value is -1.02. The Morgan fingerprint density at radius 1 is 1.21 bits per heavy atom. The van der Waals surface area contributed by atoms with Crippen molar-refractivity contribution in [1.29, 1.82) is 0 Å². The molecular formula is C17H28N2. The SMILES string of the molecule is CCCN(CC1CC1)c1ccc(CC(N)CC)cc1. The average Bonchev–Trinajstić information content (AvgIpc) is 3.23. The van der Waals surface area contributed by atoms with Crippen LogP contribution in [-0.2, 0) is 6.42 Å². The summed E-state index contributed by atoms with van der Waals surface area (Å²) >= 11 is 0. The molecule has 0 spiro atoms. The second kappa shape index (κ2) is 6.95. The molecule has 2 N–H and O–H groups in total. The van der Waals surface area contributed by atoms with Crippen molar-refractivity contribution in [3.8, 4) is 0 Å². The van der Waals surface area contributed by atoms with Gasteiger partial charge < -0.3 is 10.6 Å². The van der Waals surface area contributed by atoms with Crippen LogP contribution in [0.5, 0.6) is 0 Å². The molecule has 0 aliphatic heterocycles. The first kappa shape index (κ1) is 14.4. The molecule has 1 unspecified atom stereocenters. The van der Waals surface area contributed by atoms with Gasteiger partial charge in [0.05, 0.1) is 0 Å². The van der Waals surface area contributed by atoms with Gasteiger partial charge in [-0.3, -0.25) is 0 Å². The molecule has 0 saturated heterocycles. The molecule has 0 bridgehead atoms. The van der Waals surface area contributed by atoms with Crippen molar-refractivity contribution < 1.29 is 0 Å². The van der Waals surface area contributed by atoms with Crippen molar-refractivity contribution in [2.24, 2.45) is 11.7 Å². The lowest BCUT2D eigenvalue weighted by molar-refractivity contribution is 0.646.